The van der Waals surface area contributed by atoms with E-state index in [0.29, 0.717) is 17.2 Å². The second-order valence-corrected chi connectivity index (χ2v) is 7.71. The van der Waals surface area contributed by atoms with Crippen molar-refractivity contribution in [3.8, 4) is 0 Å². The number of rotatable bonds is 4. The van der Waals surface area contributed by atoms with Gasteiger partial charge in [0.05, 0.1) is 37.9 Å². The summed E-state index contributed by atoms with van der Waals surface area (Å²) in [5.41, 5.74) is 2.25. The monoisotopic (exact) mass is 393 g/mol. The largest absolute Gasteiger partial charge is 0.465 e. The van der Waals surface area contributed by atoms with Crippen LogP contribution in [-0.4, -0.2) is 44.0 Å². The van der Waals surface area contributed by atoms with E-state index in [2.05, 4.69) is 24.3 Å². The van der Waals surface area contributed by atoms with E-state index in [1.165, 1.54) is 22.5 Å². The van der Waals surface area contributed by atoms with E-state index in [1.54, 1.807) is 24.3 Å². The molecule has 2 aliphatic heterocycles. The summed E-state index contributed by atoms with van der Waals surface area (Å²) in [5.74, 6) is -0.245. The predicted molar refractivity (Wildman–Crippen MR) is 108 cm³/mol. The molecule has 0 bridgehead atoms. The maximum absolute atomic E-state index is 13.0. The van der Waals surface area contributed by atoms with E-state index in [1.807, 2.05) is 6.07 Å². The molecule has 4 rings (SSSR count). The van der Waals surface area contributed by atoms with Gasteiger partial charge >= 0.3 is 5.97 Å². The molecule has 2 aliphatic rings. The number of carbonyl (C=O) groups excluding carboxylic acids is 3. The molecule has 0 spiro atoms. The number of quaternary nitrogens is 1. The van der Waals surface area contributed by atoms with Gasteiger partial charge in [-0.25, -0.2) is 9.69 Å². The lowest BCUT2D eigenvalue weighted by Gasteiger charge is -2.32. The van der Waals surface area contributed by atoms with Crippen molar-refractivity contribution < 1.29 is 24.0 Å². The summed E-state index contributed by atoms with van der Waals surface area (Å²) in [6.07, 6.45) is 2.28. The number of carbonyl (C=O) groups is 3. The Morgan fingerprint density at radius 3 is 2.28 bits per heavy atom. The minimum Gasteiger partial charge on any atom is -0.465 e. The lowest BCUT2D eigenvalue weighted by molar-refractivity contribution is -0.920. The maximum atomic E-state index is 13.0. The molecule has 2 aromatic rings. The van der Waals surface area contributed by atoms with Gasteiger partial charge in [0, 0.05) is 12.8 Å². The molecule has 2 heterocycles. The van der Waals surface area contributed by atoms with Crippen LogP contribution in [0.25, 0.3) is 0 Å². The number of piperidine rings is 1. The van der Waals surface area contributed by atoms with Crippen LogP contribution in [0.4, 0.5) is 5.69 Å². The van der Waals surface area contributed by atoms with Crippen LogP contribution in [0.3, 0.4) is 0 Å². The zero-order valence-electron chi connectivity index (χ0n) is 16.5. The van der Waals surface area contributed by atoms with E-state index in [0.717, 1.165) is 25.9 Å². The molecule has 1 N–H and O–H groups in total. The third-order valence-electron chi connectivity index (χ3n) is 6.08. The lowest BCUT2D eigenvalue weighted by Crippen LogP contribution is -3.17. The van der Waals surface area contributed by atoms with Gasteiger partial charge in [-0.15, -0.1) is 0 Å². The maximum Gasteiger partial charge on any atom is 0.337 e. The van der Waals surface area contributed by atoms with Crippen LogP contribution in [0.15, 0.2) is 54.6 Å². The highest BCUT2D eigenvalue weighted by Crippen LogP contribution is 2.26. The van der Waals surface area contributed by atoms with Gasteiger partial charge < -0.3 is 9.64 Å². The second kappa shape index (κ2) is 8.17. The summed E-state index contributed by atoms with van der Waals surface area (Å²) in [4.78, 5) is 39.7. The van der Waals surface area contributed by atoms with Crippen molar-refractivity contribution in [2.75, 3.05) is 25.1 Å². The number of methoxy groups -OCH3 is 1. The average molecular weight is 393 g/mol. The van der Waals surface area contributed by atoms with Crippen molar-refractivity contribution in [3.63, 3.8) is 0 Å². The highest BCUT2D eigenvalue weighted by Gasteiger charge is 2.46. The molecule has 0 aliphatic carbocycles. The predicted octanol–water partition coefficient (Wildman–Crippen LogP) is 1.57. The number of anilines is 1. The molecule has 2 fully saturated rings. The van der Waals surface area contributed by atoms with E-state index >= 15 is 0 Å². The molecule has 2 aromatic carbocycles. The normalized spacial score (nSPS) is 24.6. The molecule has 2 saturated heterocycles. The number of benzene rings is 2. The Morgan fingerprint density at radius 2 is 1.66 bits per heavy atom. The number of ether oxygens (including phenoxy) is 1. The Hall–Kier alpha value is -2.99. The van der Waals surface area contributed by atoms with Gasteiger partial charge in [0.15, 0.2) is 6.04 Å². The fourth-order valence-corrected chi connectivity index (χ4v) is 4.48. The van der Waals surface area contributed by atoms with Gasteiger partial charge in [0.1, 0.15) is 0 Å². The first-order valence-corrected chi connectivity index (χ1v) is 10.0. The van der Waals surface area contributed by atoms with Crippen LogP contribution in [0.2, 0.25) is 0 Å². The fraction of sp³-hybridized carbons (Fsp3) is 0.348. The summed E-state index contributed by atoms with van der Waals surface area (Å²) in [7, 11) is 1.32. The van der Waals surface area contributed by atoms with Crippen LogP contribution >= 0.6 is 0 Å². The Kier molecular flexibility index (Phi) is 5.45. The molecule has 0 saturated carbocycles. The molecule has 0 aromatic heterocycles. The lowest BCUT2D eigenvalue weighted by atomic mass is 9.89. The first-order chi connectivity index (χ1) is 14.1. The van der Waals surface area contributed by atoms with E-state index in [-0.39, 0.29) is 24.3 Å². The van der Waals surface area contributed by atoms with E-state index in [9.17, 15) is 14.4 Å². The summed E-state index contributed by atoms with van der Waals surface area (Å²) >= 11 is 0. The number of nitrogens with one attached hydrogen (secondary N) is 1. The average Bonchev–Trinajstić information content (AvgIpc) is 3.08. The van der Waals surface area contributed by atoms with Crippen molar-refractivity contribution in [2.45, 2.75) is 31.2 Å². The highest BCUT2D eigenvalue weighted by molar-refractivity contribution is 6.21. The molecule has 0 unspecified atom stereocenters. The first kappa shape index (κ1) is 19.3. The van der Waals surface area contributed by atoms with E-state index < -0.39 is 5.97 Å². The molecule has 6 nitrogen and oxygen atoms in total. The molecular formula is C23H25N2O4+. The van der Waals surface area contributed by atoms with Gasteiger partial charge in [-0.05, 0) is 35.7 Å². The zero-order chi connectivity index (χ0) is 20.4. The number of imide groups is 1. The minimum atomic E-state index is -0.445. The second-order valence-electron chi connectivity index (χ2n) is 7.71. The number of hydrogen-bond donors (Lipinski definition) is 1. The molecular weight excluding hydrogens is 368 g/mol. The van der Waals surface area contributed by atoms with Gasteiger partial charge in [-0.1, -0.05) is 30.3 Å². The minimum absolute atomic E-state index is 0.144. The molecule has 29 heavy (non-hydrogen) atoms. The van der Waals surface area contributed by atoms with Crippen molar-refractivity contribution in [2.24, 2.45) is 0 Å². The third-order valence-corrected chi connectivity index (χ3v) is 6.08. The molecule has 1 atom stereocenters. The Morgan fingerprint density at radius 1 is 1.00 bits per heavy atom. The van der Waals surface area contributed by atoms with Crippen molar-refractivity contribution in [1.29, 1.82) is 0 Å². The SMILES string of the molecule is COC(=O)c1ccc(N2C(=O)C[C@H]([NH+]3CCC(c4ccccc4)CC3)C2=O)cc1. The van der Waals surface area contributed by atoms with Crippen molar-refractivity contribution in [1.82, 2.24) is 0 Å². The number of esters is 1. The zero-order valence-corrected chi connectivity index (χ0v) is 16.5. The van der Waals surface area contributed by atoms with Crippen LogP contribution in [0.5, 0.6) is 0 Å². The highest BCUT2D eigenvalue weighted by atomic mass is 16.5. The van der Waals surface area contributed by atoms with Crippen LogP contribution in [0, 0.1) is 0 Å². The summed E-state index contributed by atoms with van der Waals surface area (Å²) < 4.78 is 4.69. The quantitative estimate of drug-likeness (QED) is 0.633. The van der Waals surface area contributed by atoms with Crippen molar-refractivity contribution in [3.05, 3.63) is 65.7 Å². The van der Waals surface area contributed by atoms with Crippen molar-refractivity contribution >= 4 is 23.5 Å². The van der Waals surface area contributed by atoms with Crippen LogP contribution < -0.4 is 9.80 Å². The third kappa shape index (κ3) is 3.80. The molecule has 6 heteroatoms. The summed E-state index contributed by atoms with van der Waals surface area (Å²) in [6.45, 7) is 1.77. The van der Waals surface area contributed by atoms with Gasteiger partial charge in [0.25, 0.3) is 5.91 Å². The van der Waals surface area contributed by atoms with Gasteiger partial charge in [-0.2, -0.15) is 0 Å². The summed E-state index contributed by atoms with van der Waals surface area (Å²) in [5, 5.41) is 0. The summed E-state index contributed by atoms with van der Waals surface area (Å²) in [6, 6.07) is 16.6. The van der Waals surface area contributed by atoms with Crippen LogP contribution in [-0.2, 0) is 14.3 Å². The molecule has 0 radical (unpaired) electrons. The molecule has 2 amide bonds. The smallest absolute Gasteiger partial charge is 0.337 e. The Labute approximate surface area is 170 Å². The number of hydrogen-bond acceptors (Lipinski definition) is 4. The fourth-order valence-electron chi connectivity index (χ4n) is 4.48. The Balaban J connectivity index is 1.43. The van der Waals surface area contributed by atoms with Gasteiger partial charge in [-0.3, -0.25) is 9.59 Å². The standard InChI is InChI=1S/C23H24N2O4/c1-29-23(28)18-7-9-19(10-8-18)25-21(26)15-20(22(25)27)24-13-11-17(12-14-24)16-5-3-2-4-6-16/h2-10,17,20H,11-15H2,1H3/p+1/t20-/m0/s1. The number of likely N-dealkylation sites (tertiary alicyclic amines) is 1. The topological polar surface area (TPSA) is 68.1 Å². The number of nitrogens with zero attached hydrogens (tertiary/aromatic N) is 1. The number of amides is 2. The van der Waals surface area contributed by atoms with E-state index in [4.69, 9.17) is 4.74 Å². The first-order valence-electron chi connectivity index (χ1n) is 10.0. The van der Waals surface area contributed by atoms with Gasteiger partial charge in [0.2, 0.25) is 5.91 Å². The van der Waals surface area contributed by atoms with Crippen LogP contribution in [0.1, 0.15) is 41.1 Å². The molecule has 150 valence electrons. The Bertz CT molecular complexity index is 902.